The van der Waals surface area contributed by atoms with Crippen LogP contribution in [0.1, 0.15) is 59.3 Å². The van der Waals surface area contributed by atoms with Gasteiger partial charge in [-0.2, -0.15) is 13.2 Å². The normalized spacial score (nSPS) is 36.4. The van der Waals surface area contributed by atoms with E-state index >= 15 is 0 Å². The molecule has 8 atom stereocenters. The van der Waals surface area contributed by atoms with E-state index in [1.54, 1.807) is 27.9 Å². The molecule has 0 radical (unpaired) electrons. The highest BCUT2D eigenvalue weighted by atomic mass is 28.4. The zero-order valence-corrected chi connectivity index (χ0v) is 21.6. The minimum atomic E-state index is -4.55. The lowest BCUT2D eigenvalue weighted by Gasteiger charge is -2.39. The lowest BCUT2D eigenvalue weighted by molar-refractivity contribution is -0.217. The molecule has 0 saturated heterocycles. The van der Waals surface area contributed by atoms with Crippen molar-refractivity contribution in [2.75, 3.05) is 7.11 Å². The highest BCUT2D eigenvalue weighted by molar-refractivity contribution is 6.69. The van der Waals surface area contributed by atoms with Crippen molar-refractivity contribution >= 4 is 14.5 Å². The van der Waals surface area contributed by atoms with Crippen LogP contribution >= 0.6 is 0 Å². The summed E-state index contributed by atoms with van der Waals surface area (Å²) in [5.74, 6) is 3.98. The first-order valence-electron chi connectivity index (χ1n) is 12.1. The Balaban J connectivity index is 0.000000427. The van der Waals surface area contributed by atoms with E-state index < -0.39 is 32.4 Å². The first kappa shape index (κ1) is 25.9. The molecule has 4 nitrogen and oxygen atoms in total. The van der Waals surface area contributed by atoms with Gasteiger partial charge in [0, 0.05) is 7.11 Å². The molecule has 0 aromatic carbocycles. The zero-order valence-electron chi connectivity index (χ0n) is 20.6. The second-order valence-corrected chi connectivity index (χ2v) is 16.9. The topological polar surface area (TPSA) is 44.8 Å². The summed E-state index contributed by atoms with van der Waals surface area (Å²) >= 11 is 0. The van der Waals surface area contributed by atoms with E-state index in [9.17, 15) is 18.0 Å². The van der Waals surface area contributed by atoms with Crippen molar-refractivity contribution in [2.45, 2.75) is 96.8 Å². The van der Waals surface area contributed by atoms with Crippen LogP contribution in [0.3, 0.4) is 0 Å². The molecule has 32 heavy (non-hydrogen) atoms. The molecular formula is C24H41F3O4Si. The minimum absolute atomic E-state index is 0.0228. The predicted molar refractivity (Wildman–Crippen MR) is 120 cm³/mol. The number of hydrogen-bond acceptors (Lipinski definition) is 4. The molecule has 4 rings (SSSR count). The van der Waals surface area contributed by atoms with Gasteiger partial charge < -0.3 is 13.9 Å². The molecule has 0 heterocycles. The molecule has 0 aliphatic heterocycles. The lowest BCUT2D eigenvalue weighted by Crippen LogP contribution is -2.40. The Labute approximate surface area is 192 Å². The van der Waals surface area contributed by atoms with Crippen LogP contribution in [0.25, 0.3) is 0 Å². The number of halogens is 3. The molecule has 8 heteroatoms. The smallest absolute Gasteiger partial charge is 0.429 e. The third-order valence-corrected chi connectivity index (χ3v) is 9.22. The van der Waals surface area contributed by atoms with E-state index in [4.69, 9.17) is 13.9 Å². The molecule has 0 amide bonds. The molecular weight excluding hydrogens is 437 g/mol. The molecule has 186 valence electrons. The standard InChI is InChI=1S/C20H29F3O3.C4H12OSi/c1-19(2,3)26-18(24)25-15(20(21,22)23)9-12-7-13-8-14(12)17-11-5-4-10(6-11)16(13)17;1-5-6(2,3)4/h10-17H,4-9H2,1-3H3;1-4H3. The van der Waals surface area contributed by atoms with Crippen LogP contribution in [-0.4, -0.2) is 39.5 Å². The van der Waals surface area contributed by atoms with Crippen LogP contribution in [0.15, 0.2) is 0 Å². The number of rotatable bonds is 4. The quantitative estimate of drug-likeness (QED) is 0.247. The molecule has 4 aliphatic carbocycles. The zero-order chi connectivity index (χ0) is 24.1. The van der Waals surface area contributed by atoms with Crippen molar-refractivity contribution in [1.82, 2.24) is 0 Å². The number of hydrogen-bond donors (Lipinski definition) is 0. The van der Waals surface area contributed by atoms with Crippen LogP contribution in [-0.2, 0) is 13.9 Å². The van der Waals surface area contributed by atoms with Gasteiger partial charge in [-0.3, -0.25) is 0 Å². The number of carbonyl (C=O) groups is 1. The van der Waals surface area contributed by atoms with Gasteiger partial charge in [-0.1, -0.05) is 0 Å². The fraction of sp³-hybridized carbons (Fsp3) is 0.958. The van der Waals surface area contributed by atoms with Crippen LogP contribution in [0.4, 0.5) is 18.0 Å². The monoisotopic (exact) mass is 478 g/mol. The van der Waals surface area contributed by atoms with Gasteiger partial charge >= 0.3 is 12.3 Å². The summed E-state index contributed by atoms with van der Waals surface area (Å²) in [6.45, 7) is 11.3. The lowest BCUT2D eigenvalue weighted by atomic mass is 9.66. The Hall–Kier alpha value is -0.763. The van der Waals surface area contributed by atoms with Crippen LogP contribution in [0.2, 0.25) is 19.6 Å². The van der Waals surface area contributed by atoms with Crippen molar-refractivity contribution in [1.29, 1.82) is 0 Å². The van der Waals surface area contributed by atoms with Gasteiger partial charge in [-0.25, -0.2) is 4.79 Å². The van der Waals surface area contributed by atoms with E-state index in [0.29, 0.717) is 17.8 Å². The molecule has 8 unspecified atom stereocenters. The summed E-state index contributed by atoms with van der Waals surface area (Å²) in [4.78, 5) is 11.8. The maximum atomic E-state index is 13.5. The van der Waals surface area contributed by atoms with Crippen molar-refractivity contribution in [3.8, 4) is 0 Å². The molecule has 4 fully saturated rings. The van der Waals surface area contributed by atoms with Gasteiger partial charge in [0.2, 0.25) is 6.10 Å². The Bertz CT molecular complexity index is 670. The van der Waals surface area contributed by atoms with Crippen molar-refractivity contribution < 1.29 is 31.9 Å². The van der Waals surface area contributed by atoms with Crippen LogP contribution in [0.5, 0.6) is 0 Å². The summed E-state index contributed by atoms with van der Waals surface area (Å²) in [7, 11) is 0.639. The molecule has 0 aromatic rings. The maximum Gasteiger partial charge on any atom is 0.509 e. The predicted octanol–water partition coefficient (Wildman–Crippen LogP) is 7.05. The minimum Gasteiger partial charge on any atom is -0.429 e. The first-order chi connectivity index (χ1) is 14.6. The van der Waals surface area contributed by atoms with Crippen molar-refractivity contribution in [2.24, 2.45) is 41.4 Å². The Morgan fingerprint density at radius 2 is 1.53 bits per heavy atom. The van der Waals surface area contributed by atoms with Gasteiger partial charge in [-0.15, -0.1) is 0 Å². The van der Waals surface area contributed by atoms with E-state index in [1.165, 1.54) is 19.3 Å². The van der Waals surface area contributed by atoms with Crippen molar-refractivity contribution in [3.05, 3.63) is 0 Å². The Kier molecular flexibility index (Phi) is 7.37. The number of fused-ring (bicyclic) bond motifs is 9. The highest BCUT2D eigenvalue weighted by Gasteiger charge is 2.63. The van der Waals surface area contributed by atoms with Gasteiger partial charge in [0.15, 0.2) is 8.32 Å². The van der Waals surface area contributed by atoms with E-state index in [1.807, 2.05) is 0 Å². The van der Waals surface area contributed by atoms with E-state index in [2.05, 4.69) is 19.6 Å². The SMILES string of the molecule is CC(C)(C)OC(=O)OC(CC1CC2CC1C1C3CCC(C3)C21)C(F)(F)F.CO[Si](C)(C)C. The number of alkyl halides is 3. The van der Waals surface area contributed by atoms with Gasteiger partial charge in [0.05, 0.1) is 0 Å². The molecule has 4 aliphatic rings. The summed E-state index contributed by atoms with van der Waals surface area (Å²) < 4.78 is 55.2. The maximum absolute atomic E-state index is 13.5. The Morgan fingerprint density at radius 1 is 0.969 bits per heavy atom. The highest BCUT2D eigenvalue weighted by Crippen LogP contribution is 2.69. The third kappa shape index (κ3) is 6.02. The summed E-state index contributed by atoms with van der Waals surface area (Å²) in [6.07, 6.45) is -2.09. The average Bonchev–Trinajstić information content (AvgIpc) is 3.38. The molecule has 4 saturated carbocycles. The Morgan fingerprint density at radius 3 is 2.03 bits per heavy atom. The first-order valence-corrected chi connectivity index (χ1v) is 15.5. The van der Waals surface area contributed by atoms with Gasteiger partial charge in [-0.05, 0) is 120 Å². The summed E-state index contributed by atoms with van der Waals surface area (Å²) in [6, 6.07) is 0. The van der Waals surface area contributed by atoms with Crippen molar-refractivity contribution in [3.63, 3.8) is 0 Å². The van der Waals surface area contributed by atoms with E-state index in [-0.39, 0.29) is 12.3 Å². The summed E-state index contributed by atoms with van der Waals surface area (Å²) in [5.41, 5.74) is -0.865. The third-order valence-electron chi connectivity index (χ3n) is 7.99. The average molecular weight is 479 g/mol. The van der Waals surface area contributed by atoms with E-state index in [0.717, 1.165) is 30.6 Å². The molecule has 4 bridgehead atoms. The second kappa shape index (κ2) is 9.12. The second-order valence-electron chi connectivity index (χ2n) is 12.3. The largest absolute Gasteiger partial charge is 0.509 e. The number of carbonyl (C=O) groups excluding carboxylic acids is 1. The molecule has 0 spiro atoms. The molecule has 0 aromatic heterocycles. The van der Waals surface area contributed by atoms with Gasteiger partial charge in [0.1, 0.15) is 5.60 Å². The fourth-order valence-corrected chi connectivity index (χ4v) is 6.89. The van der Waals surface area contributed by atoms with Crippen LogP contribution in [0, 0.1) is 41.4 Å². The summed E-state index contributed by atoms with van der Waals surface area (Å²) in [5, 5.41) is 0. The van der Waals surface area contributed by atoms with Crippen LogP contribution < -0.4 is 0 Å². The fourth-order valence-electron chi connectivity index (χ4n) is 6.89. The van der Waals surface area contributed by atoms with Gasteiger partial charge in [0.25, 0.3) is 0 Å². The molecule has 0 N–H and O–H groups in total. The number of ether oxygens (including phenoxy) is 2.